The van der Waals surface area contributed by atoms with Gasteiger partial charge in [0.25, 0.3) is 5.91 Å². The number of primary amides is 1. The summed E-state index contributed by atoms with van der Waals surface area (Å²) in [5.74, 6) is -0.846. The number of fused-ring (bicyclic) bond motifs is 2. The number of nitrogens with zero attached hydrogens (tertiary/aromatic N) is 3. The van der Waals surface area contributed by atoms with Crippen molar-refractivity contribution in [3.63, 3.8) is 0 Å². The molecule has 0 saturated carbocycles. The van der Waals surface area contributed by atoms with E-state index in [2.05, 4.69) is 10.4 Å². The van der Waals surface area contributed by atoms with Crippen molar-refractivity contribution in [1.82, 2.24) is 19.9 Å². The van der Waals surface area contributed by atoms with Gasteiger partial charge in [-0.05, 0) is 55.5 Å². The minimum absolute atomic E-state index is 0.0953. The number of amides is 2. The molecule has 0 bridgehead atoms. The number of rotatable bonds is 6. The largest absolute Gasteiger partial charge is 0.489 e. The van der Waals surface area contributed by atoms with Crippen LogP contribution < -0.4 is 15.8 Å². The summed E-state index contributed by atoms with van der Waals surface area (Å²) in [5, 5.41) is 7.10. The number of benzene rings is 1. The lowest BCUT2D eigenvalue weighted by Crippen LogP contribution is -2.39. The zero-order chi connectivity index (χ0) is 24.7. The van der Waals surface area contributed by atoms with E-state index in [0.29, 0.717) is 40.4 Å². The second kappa shape index (κ2) is 8.50. The molecule has 0 spiro atoms. The molecular weight excluding hydrogens is 449 g/mol. The molecule has 0 fully saturated rings. The van der Waals surface area contributed by atoms with Gasteiger partial charge in [-0.3, -0.25) is 9.59 Å². The molecule has 2 amide bonds. The van der Waals surface area contributed by atoms with E-state index in [0.717, 1.165) is 5.52 Å². The predicted molar refractivity (Wildman–Crippen MR) is 128 cm³/mol. The highest BCUT2D eigenvalue weighted by atomic mass is 19.1. The lowest BCUT2D eigenvalue weighted by molar-refractivity contribution is -0.123. The molecule has 3 aromatic heterocycles. The Morgan fingerprint density at radius 1 is 1.23 bits per heavy atom. The number of ether oxygens (including phenoxy) is 1. The standard InChI is InChI=1S/C26H24FN5O3/c1-15(12-29-24(33)17-5-8-19-9-10-30-32(19)13-17)21-11-20-23(35-14-26(20,2)25(28)34)22(31-21)16-3-6-18(27)7-4-16/h3-11,13,15H,12,14H2,1-2H3,(H2,28,34)(H,29,33)/t15-,26+/m1/s1. The van der Waals surface area contributed by atoms with E-state index >= 15 is 0 Å². The van der Waals surface area contributed by atoms with Gasteiger partial charge in [-0.1, -0.05) is 6.92 Å². The number of halogens is 1. The third-order valence-electron chi connectivity index (χ3n) is 6.49. The molecule has 178 valence electrons. The predicted octanol–water partition coefficient (Wildman–Crippen LogP) is 3.20. The Morgan fingerprint density at radius 3 is 2.74 bits per heavy atom. The average molecular weight is 474 g/mol. The van der Waals surface area contributed by atoms with Gasteiger partial charge in [0.1, 0.15) is 29.3 Å². The van der Waals surface area contributed by atoms with E-state index in [1.807, 2.05) is 25.1 Å². The van der Waals surface area contributed by atoms with Crippen LogP contribution in [0, 0.1) is 5.82 Å². The fourth-order valence-electron chi connectivity index (χ4n) is 4.16. The maximum atomic E-state index is 13.5. The normalized spacial score (nSPS) is 17.6. The third-order valence-corrected chi connectivity index (χ3v) is 6.49. The first-order valence-corrected chi connectivity index (χ1v) is 11.2. The highest BCUT2D eigenvalue weighted by Crippen LogP contribution is 2.45. The van der Waals surface area contributed by atoms with E-state index in [-0.39, 0.29) is 24.2 Å². The Balaban J connectivity index is 1.45. The zero-order valence-electron chi connectivity index (χ0n) is 19.3. The number of pyridine rings is 2. The fourth-order valence-corrected chi connectivity index (χ4v) is 4.16. The SMILES string of the molecule is C[C@H](CNC(=O)c1ccc2ccnn2c1)c1cc2c(c(-c3ccc(F)cc3)n1)OC[C@]2(C)C(N)=O. The number of nitrogens with one attached hydrogen (secondary N) is 1. The first kappa shape index (κ1) is 22.5. The molecule has 0 saturated heterocycles. The molecule has 1 aromatic carbocycles. The van der Waals surface area contributed by atoms with Crippen LogP contribution in [0.25, 0.3) is 16.8 Å². The van der Waals surface area contributed by atoms with Crippen LogP contribution in [-0.4, -0.2) is 39.6 Å². The summed E-state index contributed by atoms with van der Waals surface area (Å²) in [5.41, 5.74) is 8.53. The quantitative estimate of drug-likeness (QED) is 0.447. The van der Waals surface area contributed by atoms with Crippen molar-refractivity contribution in [2.24, 2.45) is 5.73 Å². The van der Waals surface area contributed by atoms with Gasteiger partial charge in [-0.15, -0.1) is 0 Å². The van der Waals surface area contributed by atoms with Crippen molar-refractivity contribution < 1.29 is 18.7 Å². The highest BCUT2D eigenvalue weighted by molar-refractivity contribution is 5.94. The Labute approximate surface area is 200 Å². The lowest BCUT2D eigenvalue weighted by atomic mass is 9.82. The number of carbonyl (C=O) groups excluding carboxylic acids is 2. The first-order valence-electron chi connectivity index (χ1n) is 11.2. The van der Waals surface area contributed by atoms with E-state index in [1.54, 1.807) is 42.0 Å². The highest BCUT2D eigenvalue weighted by Gasteiger charge is 2.44. The molecule has 1 aliphatic heterocycles. The van der Waals surface area contributed by atoms with Crippen LogP contribution in [0.15, 0.2) is 60.9 Å². The third kappa shape index (κ3) is 3.99. The Morgan fingerprint density at radius 2 is 2.00 bits per heavy atom. The molecule has 2 atom stereocenters. The van der Waals surface area contributed by atoms with Crippen molar-refractivity contribution >= 4 is 17.3 Å². The minimum Gasteiger partial charge on any atom is -0.489 e. The maximum Gasteiger partial charge on any atom is 0.252 e. The fraction of sp³-hybridized carbons (Fsp3) is 0.231. The molecule has 3 N–H and O–H groups in total. The summed E-state index contributed by atoms with van der Waals surface area (Å²) in [6, 6.07) is 13.2. The van der Waals surface area contributed by atoms with Crippen LogP contribution in [0.1, 0.15) is 41.4 Å². The monoisotopic (exact) mass is 473 g/mol. The number of nitrogens with two attached hydrogens (primary N) is 1. The van der Waals surface area contributed by atoms with Gasteiger partial charge in [0.2, 0.25) is 5.91 Å². The summed E-state index contributed by atoms with van der Waals surface area (Å²) >= 11 is 0. The van der Waals surface area contributed by atoms with E-state index < -0.39 is 11.3 Å². The molecule has 5 rings (SSSR count). The molecule has 0 unspecified atom stereocenters. The van der Waals surface area contributed by atoms with E-state index in [1.165, 1.54) is 12.1 Å². The van der Waals surface area contributed by atoms with Crippen molar-refractivity contribution in [2.45, 2.75) is 25.2 Å². The summed E-state index contributed by atoms with van der Waals surface area (Å²) in [6.07, 6.45) is 3.34. The summed E-state index contributed by atoms with van der Waals surface area (Å²) in [6.45, 7) is 4.06. The Bertz CT molecular complexity index is 1450. The van der Waals surface area contributed by atoms with Gasteiger partial charge >= 0.3 is 0 Å². The first-order chi connectivity index (χ1) is 16.8. The van der Waals surface area contributed by atoms with Gasteiger partial charge < -0.3 is 15.8 Å². The molecule has 1 aliphatic rings. The molecule has 4 aromatic rings. The van der Waals surface area contributed by atoms with Gasteiger partial charge in [0.05, 0.1) is 11.1 Å². The van der Waals surface area contributed by atoms with Crippen LogP contribution in [-0.2, 0) is 10.2 Å². The minimum atomic E-state index is -1.02. The smallest absolute Gasteiger partial charge is 0.252 e. The zero-order valence-corrected chi connectivity index (χ0v) is 19.3. The maximum absolute atomic E-state index is 13.5. The molecule has 8 nitrogen and oxygen atoms in total. The molecule has 0 aliphatic carbocycles. The summed E-state index contributed by atoms with van der Waals surface area (Å²) in [4.78, 5) is 29.9. The summed E-state index contributed by atoms with van der Waals surface area (Å²) < 4.78 is 21.1. The number of carbonyl (C=O) groups is 2. The van der Waals surface area contributed by atoms with Crippen LogP contribution >= 0.6 is 0 Å². The van der Waals surface area contributed by atoms with Crippen LogP contribution in [0.5, 0.6) is 5.75 Å². The van der Waals surface area contributed by atoms with Gasteiger partial charge in [0, 0.05) is 41.7 Å². The number of aromatic nitrogens is 3. The second-order valence-corrected chi connectivity index (χ2v) is 8.99. The molecule has 9 heteroatoms. The van der Waals surface area contributed by atoms with Gasteiger partial charge in [-0.2, -0.15) is 5.10 Å². The van der Waals surface area contributed by atoms with Crippen molar-refractivity contribution in [1.29, 1.82) is 0 Å². The van der Waals surface area contributed by atoms with Gasteiger partial charge in [-0.25, -0.2) is 13.9 Å². The molecule has 0 radical (unpaired) electrons. The van der Waals surface area contributed by atoms with E-state index in [4.69, 9.17) is 15.5 Å². The second-order valence-electron chi connectivity index (χ2n) is 8.99. The molecule has 4 heterocycles. The topological polar surface area (TPSA) is 112 Å². The molecule has 35 heavy (non-hydrogen) atoms. The van der Waals surface area contributed by atoms with Crippen molar-refractivity contribution in [3.05, 3.63) is 83.6 Å². The van der Waals surface area contributed by atoms with Gasteiger partial charge in [0.15, 0.2) is 0 Å². The summed E-state index contributed by atoms with van der Waals surface area (Å²) in [7, 11) is 0. The van der Waals surface area contributed by atoms with Crippen molar-refractivity contribution in [2.75, 3.05) is 13.2 Å². The Kier molecular flexibility index (Phi) is 5.47. The Hall–Kier alpha value is -4.27. The molecular formula is C26H24FN5O3. The van der Waals surface area contributed by atoms with Crippen LogP contribution in [0.2, 0.25) is 0 Å². The lowest BCUT2D eigenvalue weighted by Gasteiger charge is -2.20. The van der Waals surface area contributed by atoms with E-state index in [9.17, 15) is 14.0 Å². The van der Waals surface area contributed by atoms with Crippen molar-refractivity contribution in [3.8, 4) is 17.0 Å². The van der Waals surface area contributed by atoms with Crippen LogP contribution in [0.3, 0.4) is 0 Å². The number of hydrogen-bond donors (Lipinski definition) is 2. The average Bonchev–Trinajstić information content (AvgIpc) is 3.47. The van der Waals surface area contributed by atoms with Crippen LogP contribution in [0.4, 0.5) is 4.39 Å². The number of hydrogen-bond acceptors (Lipinski definition) is 5.